The molecule has 3 rings (SSSR count). The number of alkyl halides is 3. The SMILES string of the molecule is CC1CCN(C(=O)C2CCN(C(=O)c3ccc(C(F)(F)F)cc3)CC2)CC1. The maximum absolute atomic E-state index is 12.7. The molecule has 0 unspecified atom stereocenters. The minimum absolute atomic E-state index is 0.0601. The van der Waals surface area contributed by atoms with Crippen molar-refractivity contribution in [2.45, 2.75) is 38.8 Å². The number of benzene rings is 1. The van der Waals surface area contributed by atoms with Crippen molar-refractivity contribution in [1.82, 2.24) is 9.80 Å². The van der Waals surface area contributed by atoms with Gasteiger partial charge >= 0.3 is 6.18 Å². The Morgan fingerprint density at radius 3 is 1.93 bits per heavy atom. The average Bonchev–Trinajstić information content (AvgIpc) is 2.67. The van der Waals surface area contributed by atoms with Crippen molar-refractivity contribution < 1.29 is 22.8 Å². The number of carbonyl (C=O) groups excluding carboxylic acids is 2. The molecule has 1 aromatic carbocycles. The zero-order valence-electron chi connectivity index (χ0n) is 15.5. The average molecular weight is 382 g/mol. The van der Waals surface area contributed by atoms with E-state index < -0.39 is 11.7 Å². The van der Waals surface area contributed by atoms with Gasteiger partial charge in [0.25, 0.3) is 5.91 Å². The molecule has 0 atom stereocenters. The highest BCUT2D eigenvalue weighted by Gasteiger charge is 2.33. The lowest BCUT2D eigenvalue weighted by molar-refractivity contribution is -0.138. The number of halogens is 3. The van der Waals surface area contributed by atoms with Gasteiger partial charge in [-0.05, 0) is 55.9 Å². The van der Waals surface area contributed by atoms with Crippen LogP contribution >= 0.6 is 0 Å². The third-order valence-corrected chi connectivity index (χ3v) is 5.69. The van der Waals surface area contributed by atoms with Crippen molar-refractivity contribution in [2.75, 3.05) is 26.2 Å². The summed E-state index contributed by atoms with van der Waals surface area (Å²) in [7, 11) is 0. The number of amides is 2. The van der Waals surface area contributed by atoms with Gasteiger partial charge in [0.05, 0.1) is 5.56 Å². The fraction of sp³-hybridized carbons (Fsp3) is 0.600. The van der Waals surface area contributed by atoms with E-state index in [1.807, 2.05) is 4.90 Å². The Kier molecular flexibility index (Phi) is 5.77. The molecule has 4 nitrogen and oxygen atoms in total. The fourth-order valence-electron chi connectivity index (χ4n) is 3.80. The Balaban J connectivity index is 1.54. The van der Waals surface area contributed by atoms with E-state index >= 15 is 0 Å². The van der Waals surface area contributed by atoms with Crippen molar-refractivity contribution in [3.63, 3.8) is 0 Å². The first-order valence-electron chi connectivity index (χ1n) is 9.51. The molecule has 2 aliphatic heterocycles. The van der Waals surface area contributed by atoms with Gasteiger partial charge in [-0.1, -0.05) is 6.92 Å². The van der Waals surface area contributed by atoms with Gasteiger partial charge in [-0.15, -0.1) is 0 Å². The Morgan fingerprint density at radius 2 is 1.41 bits per heavy atom. The van der Waals surface area contributed by atoms with Crippen LogP contribution in [0, 0.1) is 11.8 Å². The molecule has 0 saturated carbocycles. The molecule has 0 radical (unpaired) electrons. The summed E-state index contributed by atoms with van der Waals surface area (Å²) in [6, 6.07) is 4.30. The van der Waals surface area contributed by atoms with Crippen molar-refractivity contribution in [3.8, 4) is 0 Å². The van der Waals surface area contributed by atoms with Gasteiger partial charge in [0.2, 0.25) is 5.91 Å². The molecule has 0 aliphatic carbocycles. The van der Waals surface area contributed by atoms with Crippen molar-refractivity contribution in [3.05, 3.63) is 35.4 Å². The third-order valence-electron chi connectivity index (χ3n) is 5.69. The number of piperidine rings is 2. The zero-order valence-corrected chi connectivity index (χ0v) is 15.5. The van der Waals surface area contributed by atoms with Crippen LogP contribution in [-0.4, -0.2) is 47.8 Å². The maximum Gasteiger partial charge on any atom is 0.416 e. The van der Waals surface area contributed by atoms with Crippen LogP contribution in [0.1, 0.15) is 48.5 Å². The van der Waals surface area contributed by atoms with Crippen LogP contribution in [-0.2, 0) is 11.0 Å². The summed E-state index contributed by atoms with van der Waals surface area (Å²) in [5, 5.41) is 0. The number of hydrogen-bond donors (Lipinski definition) is 0. The van der Waals surface area contributed by atoms with Crippen molar-refractivity contribution in [1.29, 1.82) is 0 Å². The molecule has 0 N–H and O–H groups in total. The number of hydrogen-bond acceptors (Lipinski definition) is 2. The number of carbonyl (C=O) groups is 2. The fourth-order valence-corrected chi connectivity index (χ4v) is 3.80. The summed E-state index contributed by atoms with van der Waals surface area (Å²) in [5.41, 5.74) is -0.517. The first-order valence-corrected chi connectivity index (χ1v) is 9.51. The summed E-state index contributed by atoms with van der Waals surface area (Å²) < 4.78 is 37.9. The van der Waals surface area contributed by atoms with Gasteiger partial charge in [0.15, 0.2) is 0 Å². The second-order valence-corrected chi connectivity index (χ2v) is 7.65. The van der Waals surface area contributed by atoms with Crippen LogP contribution in [0.2, 0.25) is 0 Å². The lowest BCUT2D eigenvalue weighted by Crippen LogP contribution is -2.46. The minimum atomic E-state index is -4.41. The topological polar surface area (TPSA) is 40.6 Å². The van der Waals surface area contributed by atoms with E-state index in [-0.39, 0.29) is 23.3 Å². The molecular formula is C20H25F3N2O2. The van der Waals surface area contributed by atoms with Crippen LogP contribution in [0.15, 0.2) is 24.3 Å². The first kappa shape index (κ1) is 19.7. The lowest BCUT2D eigenvalue weighted by Gasteiger charge is -2.36. The van der Waals surface area contributed by atoms with Crippen LogP contribution < -0.4 is 0 Å². The Hall–Kier alpha value is -2.05. The standard InChI is InChI=1S/C20H25F3N2O2/c1-14-6-10-24(11-7-14)19(27)16-8-12-25(13-9-16)18(26)15-2-4-17(5-3-15)20(21,22)23/h2-5,14,16H,6-13H2,1H3. The molecule has 2 fully saturated rings. The van der Waals surface area contributed by atoms with Gasteiger partial charge < -0.3 is 9.80 Å². The van der Waals surface area contributed by atoms with E-state index in [0.717, 1.165) is 38.1 Å². The molecule has 27 heavy (non-hydrogen) atoms. The van der Waals surface area contributed by atoms with Gasteiger partial charge in [-0.2, -0.15) is 13.2 Å². The molecule has 0 spiro atoms. The molecular weight excluding hydrogens is 357 g/mol. The van der Waals surface area contributed by atoms with Gasteiger partial charge in [-0.3, -0.25) is 9.59 Å². The highest BCUT2D eigenvalue weighted by Crippen LogP contribution is 2.30. The maximum atomic E-state index is 12.7. The minimum Gasteiger partial charge on any atom is -0.342 e. The van der Waals surface area contributed by atoms with E-state index in [2.05, 4.69) is 6.92 Å². The van der Waals surface area contributed by atoms with Gasteiger partial charge in [0, 0.05) is 37.7 Å². The smallest absolute Gasteiger partial charge is 0.342 e. The van der Waals surface area contributed by atoms with Crippen LogP contribution in [0.3, 0.4) is 0 Å². The molecule has 1 aromatic rings. The van der Waals surface area contributed by atoms with Crippen LogP contribution in [0.4, 0.5) is 13.2 Å². The summed E-state index contributed by atoms with van der Waals surface area (Å²) in [6.07, 6.45) is -1.12. The largest absolute Gasteiger partial charge is 0.416 e. The molecule has 2 amide bonds. The van der Waals surface area contributed by atoms with Crippen molar-refractivity contribution >= 4 is 11.8 Å². The van der Waals surface area contributed by atoms with Crippen LogP contribution in [0.25, 0.3) is 0 Å². The summed E-state index contributed by atoms with van der Waals surface area (Å²) in [5.74, 6) is 0.511. The molecule has 2 aliphatic rings. The summed E-state index contributed by atoms with van der Waals surface area (Å²) in [6.45, 7) is 4.74. The van der Waals surface area contributed by atoms with Crippen molar-refractivity contribution in [2.24, 2.45) is 11.8 Å². The Morgan fingerprint density at radius 1 is 0.889 bits per heavy atom. The predicted octanol–water partition coefficient (Wildman–Crippen LogP) is 3.82. The highest BCUT2D eigenvalue weighted by atomic mass is 19.4. The van der Waals surface area contributed by atoms with E-state index in [1.165, 1.54) is 12.1 Å². The van der Waals surface area contributed by atoms with Crippen LogP contribution in [0.5, 0.6) is 0 Å². The van der Waals surface area contributed by atoms with E-state index in [1.54, 1.807) is 4.90 Å². The number of rotatable bonds is 2. The quantitative estimate of drug-likeness (QED) is 0.780. The van der Waals surface area contributed by atoms with Gasteiger partial charge in [-0.25, -0.2) is 0 Å². The van der Waals surface area contributed by atoms with Gasteiger partial charge in [0.1, 0.15) is 0 Å². The molecule has 7 heteroatoms. The number of likely N-dealkylation sites (tertiary alicyclic amines) is 2. The Labute approximate surface area is 157 Å². The third kappa shape index (κ3) is 4.62. The van der Waals surface area contributed by atoms with E-state index in [9.17, 15) is 22.8 Å². The monoisotopic (exact) mass is 382 g/mol. The molecule has 0 aromatic heterocycles. The highest BCUT2D eigenvalue weighted by molar-refractivity contribution is 5.94. The molecule has 2 saturated heterocycles. The number of nitrogens with zero attached hydrogens (tertiary/aromatic N) is 2. The predicted molar refractivity (Wildman–Crippen MR) is 95.0 cm³/mol. The Bertz CT molecular complexity index is 671. The normalized spacial score (nSPS) is 20.0. The molecule has 0 bridgehead atoms. The summed E-state index contributed by atoms with van der Waals surface area (Å²) in [4.78, 5) is 28.8. The second-order valence-electron chi connectivity index (χ2n) is 7.65. The lowest BCUT2D eigenvalue weighted by atomic mass is 9.92. The van der Waals surface area contributed by atoms with E-state index in [4.69, 9.17) is 0 Å². The summed E-state index contributed by atoms with van der Waals surface area (Å²) >= 11 is 0. The zero-order chi connectivity index (χ0) is 19.6. The molecule has 148 valence electrons. The molecule has 2 heterocycles. The van der Waals surface area contributed by atoms with E-state index in [0.29, 0.717) is 31.8 Å². The first-order chi connectivity index (χ1) is 12.8. The second kappa shape index (κ2) is 7.90.